The van der Waals surface area contributed by atoms with Gasteiger partial charge in [0.05, 0.1) is 18.6 Å². The SMILES string of the molecule is CC(C)c1c(CCl)cnn1Cc1ccccc1Cl. The fourth-order valence-electron chi connectivity index (χ4n) is 2.12. The van der Waals surface area contributed by atoms with Crippen LogP contribution in [0.15, 0.2) is 30.5 Å². The van der Waals surface area contributed by atoms with Crippen LogP contribution in [0.5, 0.6) is 0 Å². The third kappa shape index (κ3) is 2.70. The molecule has 0 aliphatic carbocycles. The molecule has 0 atom stereocenters. The van der Waals surface area contributed by atoms with Crippen LogP contribution >= 0.6 is 23.2 Å². The highest BCUT2D eigenvalue weighted by molar-refractivity contribution is 6.31. The van der Waals surface area contributed by atoms with Crippen molar-refractivity contribution in [3.63, 3.8) is 0 Å². The maximum atomic E-state index is 6.18. The standard InChI is InChI=1S/C14H16Cl2N2/c1-10(2)14-12(7-15)8-17-18(14)9-11-5-3-4-6-13(11)16/h3-6,8,10H,7,9H2,1-2H3. The lowest BCUT2D eigenvalue weighted by Crippen LogP contribution is -2.09. The minimum absolute atomic E-state index is 0.392. The van der Waals surface area contributed by atoms with Crippen molar-refractivity contribution >= 4 is 23.2 Å². The van der Waals surface area contributed by atoms with E-state index < -0.39 is 0 Å². The van der Waals surface area contributed by atoms with Gasteiger partial charge >= 0.3 is 0 Å². The maximum absolute atomic E-state index is 6.18. The summed E-state index contributed by atoms with van der Waals surface area (Å²) in [5, 5.41) is 5.19. The zero-order valence-corrected chi connectivity index (χ0v) is 12.0. The third-order valence-electron chi connectivity index (χ3n) is 2.93. The smallest absolute Gasteiger partial charge is 0.0677 e. The Bertz CT molecular complexity index is 532. The number of alkyl halides is 1. The quantitative estimate of drug-likeness (QED) is 0.758. The topological polar surface area (TPSA) is 17.8 Å². The molecule has 0 saturated heterocycles. The van der Waals surface area contributed by atoms with Gasteiger partial charge in [-0.25, -0.2) is 0 Å². The van der Waals surface area contributed by atoms with Crippen molar-refractivity contribution in [2.45, 2.75) is 32.2 Å². The Labute approximate surface area is 118 Å². The van der Waals surface area contributed by atoms with E-state index in [-0.39, 0.29) is 0 Å². The summed E-state index contributed by atoms with van der Waals surface area (Å²) in [6.07, 6.45) is 1.85. The molecule has 2 aromatic rings. The highest BCUT2D eigenvalue weighted by Crippen LogP contribution is 2.23. The van der Waals surface area contributed by atoms with E-state index in [0.29, 0.717) is 18.3 Å². The lowest BCUT2D eigenvalue weighted by molar-refractivity contribution is 0.615. The first-order chi connectivity index (χ1) is 8.63. The van der Waals surface area contributed by atoms with E-state index in [4.69, 9.17) is 23.2 Å². The van der Waals surface area contributed by atoms with Crippen LogP contribution in [-0.2, 0) is 12.4 Å². The van der Waals surface area contributed by atoms with Gasteiger partial charge in [0, 0.05) is 16.3 Å². The van der Waals surface area contributed by atoms with Crippen molar-refractivity contribution in [3.8, 4) is 0 Å². The van der Waals surface area contributed by atoms with Crippen LogP contribution in [0.2, 0.25) is 5.02 Å². The first-order valence-electron chi connectivity index (χ1n) is 5.97. The van der Waals surface area contributed by atoms with E-state index >= 15 is 0 Å². The van der Waals surface area contributed by atoms with Gasteiger partial charge in [0.25, 0.3) is 0 Å². The highest BCUT2D eigenvalue weighted by Gasteiger charge is 2.14. The molecule has 2 nitrogen and oxygen atoms in total. The van der Waals surface area contributed by atoms with Crippen molar-refractivity contribution in [1.29, 1.82) is 0 Å². The van der Waals surface area contributed by atoms with Gasteiger partial charge in [-0.3, -0.25) is 4.68 Å². The van der Waals surface area contributed by atoms with E-state index in [9.17, 15) is 0 Å². The Kier molecular flexibility index (Phi) is 4.31. The van der Waals surface area contributed by atoms with Gasteiger partial charge in [-0.15, -0.1) is 11.6 Å². The number of aromatic nitrogens is 2. The lowest BCUT2D eigenvalue weighted by atomic mass is 10.1. The monoisotopic (exact) mass is 282 g/mol. The second-order valence-electron chi connectivity index (χ2n) is 4.59. The van der Waals surface area contributed by atoms with Crippen molar-refractivity contribution in [2.24, 2.45) is 0 Å². The Balaban J connectivity index is 2.35. The molecule has 0 saturated carbocycles. The average molecular weight is 283 g/mol. The summed E-state index contributed by atoms with van der Waals surface area (Å²) in [4.78, 5) is 0. The molecule has 4 heteroatoms. The summed E-state index contributed by atoms with van der Waals surface area (Å²) in [6.45, 7) is 4.98. The van der Waals surface area contributed by atoms with Crippen molar-refractivity contribution < 1.29 is 0 Å². The van der Waals surface area contributed by atoms with Crippen LogP contribution < -0.4 is 0 Å². The fourth-order valence-corrected chi connectivity index (χ4v) is 2.52. The molecule has 0 amide bonds. The molecule has 1 heterocycles. The number of hydrogen-bond donors (Lipinski definition) is 0. The van der Waals surface area contributed by atoms with Crippen LogP contribution in [0, 0.1) is 0 Å². The summed E-state index contributed by atoms with van der Waals surface area (Å²) in [5.74, 6) is 0.888. The van der Waals surface area contributed by atoms with Crippen molar-refractivity contribution in [3.05, 3.63) is 52.3 Å². The minimum atomic E-state index is 0.392. The molecule has 0 unspecified atom stereocenters. The van der Waals surface area contributed by atoms with E-state index in [2.05, 4.69) is 18.9 Å². The zero-order valence-electron chi connectivity index (χ0n) is 10.5. The van der Waals surface area contributed by atoms with Gasteiger partial charge in [-0.2, -0.15) is 5.10 Å². The van der Waals surface area contributed by atoms with Crippen LogP contribution in [-0.4, -0.2) is 9.78 Å². The van der Waals surface area contributed by atoms with Crippen molar-refractivity contribution in [1.82, 2.24) is 9.78 Å². The number of benzene rings is 1. The van der Waals surface area contributed by atoms with Crippen LogP contribution in [0.4, 0.5) is 0 Å². The number of nitrogens with zero attached hydrogens (tertiary/aromatic N) is 2. The normalized spacial score (nSPS) is 11.2. The molecule has 1 aromatic heterocycles. The largest absolute Gasteiger partial charge is 0.265 e. The molecule has 0 N–H and O–H groups in total. The minimum Gasteiger partial charge on any atom is -0.265 e. The Morgan fingerprint density at radius 3 is 2.56 bits per heavy atom. The molecule has 96 valence electrons. The average Bonchev–Trinajstić information content (AvgIpc) is 2.75. The van der Waals surface area contributed by atoms with Crippen molar-refractivity contribution in [2.75, 3.05) is 0 Å². The number of halogens is 2. The van der Waals surface area contributed by atoms with E-state index in [1.54, 1.807) is 0 Å². The molecular formula is C14H16Cl2N2. The van der Waals surface area contributed by atoms with Gasteiger partial charge in [0.2, 0.25) is 0 Å². The Hall–Kier alpha value is -0.990. The molecule has 1 aromatic carbocycles. The number of hydrogen-bond acceptors (Lipinski definition) is 1. The highest BCUT2D eigenvalue weighted by atomic mass is 35.5. The second-order valence-corrected chi connectivity index (χ2v) is 5.27. The van der Waals surface area contributed by atoms with Crippen LogP contribution in [0.25, 0.3) is 0 Å². The summed E-state index contributed by atoms with van der Waals surface area (Å²) in [5.41, 5.74) is 3.36. The maximum Gasteiger partial charge on any atom is 0.0677 e. The lowest BCUT2D eigenvalue weighted by Gasteiger charge is -2.12. The summed E-state index contributed by atoms with van der Waals surface area (Å²) in [7, 11) is 0. The van der Waals surface area contributed by atoms with Gasteiger partial charge in [0.1, 0.15) is 0 Å². The molecule has 0 spiro atoms. The Morgan fingerprint density at radius 2 is 1.94 bits per heavy atom. The molecule has 0 fully saturated rings. The molecule has 0 bridgehead atoms. The molecule has 2 rings (SSSR count). The van der Waals surface area contributed by atoms with E-state index in [0.717, 1.165) is 16.1 Å². The Morgan fingerprint density at radius 1 is 1.22 bits per heavy atom. The molecular weight excluding hydrogens is 267 g/mol. The summed E-state index contributed by atoms with van der Waals surface area (Å²) < 4.78 is 1.99. The summed E-state index contributed by atoms with van der Waals surface area (Å²) >= 11 is 12.1. The second kappa shape index (κ2) is 5.77. The predicted molar refractivity (Wildman–Crippen MR) is 76.4 cm³/mol. The molecule has 0 aliphatic rings. The van der Waals surface area contributed by atoms with Gasteiger partial charge in [-0.1, -0.05) is 43.6 Å². The van der Waals surface area contributed by atoms with Gasteiger partial charge < -0.3 is 0 Å². The first kappa shape index (κ1) is 13.4. The molecule has 0 radical (unpaired) electrons. The van der Waals surface area contributed by atoms with Gasteiger partial charge in [-0.05, 0) is 17.5 Å². The van der Waals surface area contributed by atoms with Crippen LogP contribution in [0.1, 0.15) is 36.6 Å². The fraction of sp³-hybridized carbons (Fsp3) is 0.357. The number of rotatable bonds is 4. The zero-order chi connectivity index (χ0) is 13.1. The van der Waals surface area contributed by atoms with Crippen LogP contribution in [0.3, 0.4) is 0 Å². The van der Waals surface area contributed by atoms with Gasteiger partial charge in [0.15, 0.2) is 0 Å². The van der Waals surface area contributed by atoms with E-state index in [1.165, 1.54) is 5.69 Å². The summed E-state index contributed by atoms with van der Waals surface area (Å²) in [6, 6.07) is 7.84. The third-order valence-corrected chi connectivity index (χ3v) is 3.59. The molecule has 0 aliphatic heterocycles. The van der Waals surface area contributed by atoms with E-state index in [1.807, 2.05) is 35.1 Å². The predicted octanol–water partition coefficient (Wildman–Crippen LogP) is 4.45. The first-order valence-corrected chi connectivity index (χ1v) is 6.88. The molecule has 18 heavy (non-hydrogen) atoms.